The number of likely N-dealkylation sites (tertiary alicyclic amines) is 1. The Morgan fingerprint density at radius 3 is 2.28 bits per heavy atom. The van der Waals surface area contributed by atoms with E-state index in [1.807, 2.05) is 27.7 Å². The first-order valence-electron chi connectivity index (χ1n) is 9.89. The lowest BCUT2D eigenvalue weighted by atomic mass is 9.80. The van der Waals surface area contributed by atoms with Crippen LogP contribution < -0.4 is 0 Å². The molecule has 0 aromatic carbocycles. The summed E-state index contributed by atoms with van der Waals surface area (Å²) in [6.45, 7) is 11.8. The number of hydrogen-bond acceptors (Lipinski definition) is 3. The standard InChI is InChI=1S/C21H37NO3/c1-7-8-9-10-11-12-16(2)17-13-18(24)22(19(17)25)21(5,6)14-20(3,4)15-23/h15-17H,7-14H2,1-6H3. The fourth-order valence-corrected chi connectivity index (χ4v) is 4.24. The quantitative estimate of drug-likeness (QED) is 0.306. The Labute approximate surface area is 153 Å². The van der Waals surface area contributed by atoms with Gasteiger partial charge >= 0.3 is 0 Å². The van der Waals surface area contributed by atoms with Crippen molar-refractivity contribution < 1.29 is 14.4 Å². The third kappa shape index (κ3) is 5.93. The van der Waals surface area contributed by atoms with Gasteiger partial charge in [-0.25, -0.2) is 0 Å². The molecule has 1 aliphatic heterocycles. The van der Waals surface area contributed by atoms with E-state index in [2.05, 4.69) is 13.8 Å². The fourth-order valence-electron chi connectivity index (χ4n) is 4.24. The number of carbonyl (C=O) groups excluding carboxylic acids is 3. The molecule has 0 bridgehead atoms. The number of imide groups is 1. The molecule has 1 heterocycles. The average Bonchev–Trinajstić information content (AvgIpc) is 2.81. The summed E-state index contributed by atoms with van der Waals surface area (Å²) < 4.78 is 0. The molecule has 0 radical (unpaired) electrons. The first kappa shape index (κ1) is 21.9. The lowest BCUT2D eigenvalue weighted by Crippen LogP contribution is -2.50. The zero-order chi connectivity index (χ0) is 19.3. The minimum absolute atomic E-state index is 0.0437. The van der Waals surface area contributed by atoms with Crippen LogP contribution in [0.5, 0.6) is 0 Å². The summed E-state index contributed by atoms with van der Waals surface area (Å²) in [5.41, 5.74) is -1.18. The molecule has 1 aliphatic rings. The number of amides is 2. The molecule has 0 saturated carbocycles. The Hall–Kier alpha value is -1.19. The Morgan fingerprint density at radius 2 is 1.72 bits per heavy atom. The van der Waals surface area contributed by atoms with E-state index < -0.39 is 11.0 Å². The van der Waals surface area contributed by atoms with Crippen molar-refractivity contribution in [3.63, 3.8) is 0 Å². The second-order valence-electron chi connectivity index (χ2n) is 9.15. The van der Waals surface area contributed by atoms with Gasteiger partial charge in [0.05, 0.1) is 0 Å². The molecular formula is C21H37NO3. The molecule has 4 heteroatoms. The van der Waals surface area contributed by atoms with Crippen LogP contribution in [0.15, 0.2) is 0 Å². The highest BCUT2D eigenvalue weighted by Gasteiger charge is 2.48. The molecule has 1 fully saturated rings. The predicted octanol–water partition coefficient (Wildman–Crippen LogP) is 4.75. The lowest BCUT2D eigenvalue weighted by molar-refractivity contribution is -0.147. The third-order valence-corrected chi connectivity index (χ3v) is 5.44. The molecule has 0 aliphatic carbocycles. The molecular weight excluding hydrogens is 314 g/mol. The lowest BCUT2D eigenvalue weighted by Gasteiger charge is -2.38. The van der Waals surface area contributed by atoms with Crippen molar-refractivity contribution in [1.82, 2.24) is 4.90 Å². The van der Waals surface area contributed by atoms with Crippen LogP contribution in [0.4, 0.5) is 0 Å². The molecule has 1 saturated heterocycles. The molecule has 1 rings (SSSR count). The van der Waals surface area contributed by atoms with Gasteiger partial charge in [0.15, 0.2) is 0 Å². The minimum Gasteiger partial charge on any atom is -0.303 e. The minimum atomic E-state index is -0.631. The molecule has 0 aromatic rings. The highest BCUT2D eigenvalue weighted by atomic mass is 16.2. The van der Waals surface area contributed by atoms with Crippen molar-refractivity contribution in [2.45, 2.75) is 98.4 Å². The number of carbonyl (C=O) groups is 3. The zero-order valence-corrected chi connectivity index (χ0v) is 17.1. The Balaban J connectivity index is 2.70. The van der Waals surface area contributed by atoms with Crippen LogP contribution >= 0.6 is 0 Å². The van der Waals surface area contributed by atoms with E-state index in [1.54, 1.807) is 0 Å². The van der Waals surface area contributed by atoms with Crippen LogP contribution in [0.3, 0.4) is 0 Å². The van der Waals surface area contributed by atoms with Gasteiger partial charge in [-0.1, -0.05) is 59.8 Å². The van der Waals surface area contributed by atoms with Gasteiger partial charge in [-0.2, -0.15) is 0 Å². The van der Waals surface area contributed by atoms with Crippen molar-refractivity contribution >= 4 is 18.1 Å². The van der Waals surface area contributed by atoms with E-state index >= 15 is 0 Å². The molecule has 2 unspecified atom stereocenters. The maximum atomic E-state index is 12.9. The largest absolute Gasteiger partial charge is 0.303 e. The van der Waals surface area contributed by atoms with Gasteiger partial charge in [0.2, 0.25) is 11.8 Å². The monoisotopic (exact) mass is 351 g/mol. The maximum Gasteiger partial charge on any atom is 0.233 e. The molecule has 0 N–H and O–H groups in total. The predicted molar refractivity (Wildman–Crippen MR) is 101 cm³/mol. The van der Waals surface area contributed by atoms with Crippen LogP contribution in [-0.4, -0.2) is 28.5 Å². The number of nitrogens with zero attached hydrogens (tertiary/aromatic N) is 1. The summed E-state index contributed by atoms with van der Waals surface area (Å²) in [6.07, 6.45) is 8.80. The van der Waals surface area contributed by atoms with Crippen molar-refractivity contribution in [1.29, 1.82) is 0 Å². The normalized spacial score (nSPS) is 20.2. The number of unbranched alkanes of at least 4 members (excludes halogenated alkanes) is 4. The summed E-state index contributed by atoms with van der Waals surface area (Å²) in [5.74, 6) is -0.0902. The Bertz CT molecular complexity index is 482. The van der Waals surface area contributed by atoms with Crippen molar-refractivity contribution in [2.24, 2.45) is 17.3 Å². The number of aldehydes is 1. The van der Waals surface area contributed by atoms with Crippen LogP contribution in [-0.2, 0) is 14.4 Å². The van der Waals surface area contributed by atoms with Gasteiger partial charge in [-0.3, -0.25) is 14.5 Å². The first-order chi connectivity index (χ1) is 11.6. The molecule has 2 atom stereocenters. The zero-order valence-electron chi connectivity index (χ0n) is 17.1. The van der Waals surface area contributed by atoms with Gasteiger partial charge < -0.3 is 4.79 Å². The Kier molecular flexibility index (Phi) is 7.83. The molecule has 2 amide bonds. The molecule has 0 aromatic heterocycles. The van der Waals surface area contributed by atoms with Gasteiger partial charge in [-0.15, -0.1) is 0 Å². The van der Waals surface area contributed by atoms with E-state index in [9.17, 15) is 14.4 Å². The van der Waals surface area contributed by atoms with Gasteiger partial charge in [0, 0.05) is 23.3 Å². The van der Waals surface area contributed by atoms with E-state index in [1.165, 1.54) is 30.6 Å². The van der Waals surface area contributed by atoms with E-state index in [-0.39, 0.29) is 23.7 Å². The van der Waals surface area contributed by atoms with Crippen molar-refractivity contribution in [3.05, 3.63) is 0 Å². The molecule has 4 nitrogen and oxygen atoms in total. The average molecular weight is 352 g/mol. The van der Waals surface area contributed by atoms with Crippen LogP contribution in [0, 0.1) is 17.3 Å². The Morgan fingerprint density at radius 1 is 1.12 bits per heavy atom. The second kappa shape index (κ2) is 8.95. The highest BCUT2D eigenvalue weighted by molar-refractivity contribution is 6.04. The second-order valence-corrected chi connectivity index (χ2v) is 9.15. The number of hydrogen-bond donors (Lipinski definition) is 0. The summed E-state index contributed by atoms with van der Waals surface area (Å²) in [4.78, 5) is 38.2. The van der Waals surface area contributed by atoms with E-state index in [0.717, 1.165) is 19.1 Å². The van der Waals surface area contributed by atoms with Gasteiger partial charge in [-0.05, 0) is 32.6 Å². The number of rotatable bonds is 11. The van der Waals surface area contributed by atoms with Crippen LogP contribution in [0.1, 0.15) is 92.9 Å². The summed E-state index contributed by atoms with van der Waals surface area (Å²) in [6, 6.07) is 0. The maximum absolute atomic E-state index is 12.9. The van der Waals surface area contributed by atoms with Crippen LogP contribution in [0.2, 0.25) is 0 Å². The van der Waals surface area contributed by atoms with E-state index in [4.69, 9.17) is 0 Å². The third-order valence-electron chi connectivity index (χ3n) is 5.44. The fraction of sp³-hybridized carbons (Fsp3) is 0.857. The van der Waals surface area contributed by atoms with E-state index in [0.29, 0.717) is 12.8 Å². The molecule has 25 heavy (non-hydrogen) atoms. The topological polar surface area (TPSA) is 54.5 Å². The summed E-state index contributed by atoms with van der Waals surface area (Å²) in [7, 11) is 0. The van der Waals surface area contributed by atoms with Gasteiger partial charge in [0.25, 0.3) is 0 Å². The van der Waals surface area contributed by atoms with Crippen LogP contribution in [0.25, 0.3) is 0 Å². The van der Waals surface area contributed by atoms with Gasteiger partial charge in [0.1, 0.15) is 6.29 Å². The molecule has 0 spiro atoms. The van der Waals surface area contributed by atoms with Crippen molar-refractivity contribution in [3.8, 4) is 0 Å². The first-order valence-corrected chi connectivity index (χ1v) is 9.89. The highest BCUT2D eigenvalue weighted by Crippen LogP contribution is 2.38. The molecule has 144 valence electrons. The van der Waals surface area contributed by atoms with Crippen molar-refractivity contribution in [2.75, 3.05) is 0 Å². The SMILES string of the molecule is CCCCCCCC(C)C1CC(=O)N(C(C)(C)CC(C)(C)C=O)C1=O. The smallest absolute Gasteiger partial charge is 0.233 e. The summed E-state index contributed by atoms with van der Waals surface area (Å²) >= 11 is 0. The summed E-state index contributed by atoms with van der Waals surface area (Å²) in [5, 5.41) is 0.